The van der Waals surface area contributed by atoms with E-state index in [4.69, 9.17) is 16.3 Å². The van der Waals surface area contributed by atoms with Crippen LogP contribution in [-0.2, 0) is 15.9 Å². The fourth-order valence-electron chi connectivity index (χ4n) is 1.24. The molecule has 0 unspecified atom stereocenters. The smallest absolute Gasteiger partial charge is 0.240 e. The van der Waals surface area contributed by atoms with Crippen molar-refractivity contribution < 1.29 is 13.2 Å². The molecule has 0 fully saturated rings. The second-order valence-electron chi connectivity index (χ2n) is 3.04. The van der Waals surface area contributed by atoms with E-state index in [9.17, 15) is 8.42 Å². The van der Waals surface area contributed by atoms with Crippen LogP contribution < -0.4 is 9.46 Å². The van der Waals surface area contributed by atoms with E-state index in [-0.39, 0.29) is 10.8 Å². The van der Waals surface area contributed by atoms with Crippen LogP contribution in [0, 0.1) is 0 Å². The van der Waals surface area contributed by atoms with Crippen molar-refractivity contribution in [3.8, 4) is 5.75 Å². The lowest BCUT2D eigenvalue weighted by molar-refractivity contribution is 0.337. The van der Waals surface area contributed by atoms with Crippen molar-refractivity contribution >= 4 is 21.6 Å². The lowest BCUT2D eigenvalue weighted by Crippen LogP contribution is -2.18. The van der Waals surface area contributed by atoms with Gasteiger partial charge in [0.1, 0.15) is 5.75 Å². The topological polar surface area (TPSA) is 55.4 Å². The number of hydrogen-bond acceptors (Lipinski definition) is 3. The first-order valence-electron chi connectivity index (χ1n) is 4.80. The normalized spacial score (nSPS) is 11.4. The average Bonchev–Trinajstić information content (AvgIpc) is 2.29. The molecule has 1 aromatic carbocycles. The van der Waals surface area contributed by atoms with Gasteiger partial charge in [0, 0.05) is 5.56 Å². The average molecular weight is 264 g/mol. The Balaban J connectivity index is 3.19. The molecule has 4 nitrogen and oxygen atoms in total. The summed E-state index contributed by atoms with van der Waals surface area (Å²) < 4.78 is 30.7. The fraction of sp³-hybridized carbons (Fsp3) is 0.400. The third-order valence-electron chi connectivity index (χ3n) is 2.05. The molecule has 0 aliphatic heterocycles. The van der Waals surface area contributed by atoms with Crippen molar-refractivity contribution in [2.24, 2.45) is 0 Å². The zero-order valence-corrected chi connectivity index (χ0v) is 10.7. The highest BCUT2D eigenvalue weighted by molar-refractivity contribution is 7.89. The van der Waals surface area contributed by atoms with Crippen LogP contribution in [0.4, 0.5) is 0 Å². The van der Waals surface area contributed by atoms with Crippen LogP contribution in [0.15, 0.2) is 23.1 Å². The molecular formula is C10H14ClNO3S. The first kappa shape index (κ1) is 13.3. The Morgan fingerprint density at radius 1 is 1.44 bits per heavy atom. The lowest BCUT2D eigenvalue weighted by Gasteiger charge is -2.10. The summed E-state index contributed by atoms with van der Waals surface area (Å²) in [7, 11) is -2.06. The van der Waals surface area contributed by atoms with E-state index in [1.54, 1.807) is 6.07 Å². The van der Waals surface area contributed by atoms with Gasteiger partial charge in [0.25, 0.3) is 0 Å². The van der Waals surface area contributed by atoms with Gasteiger partial charge in [-0.25, -0.2) is 13.1 Å². The standard InChI is InChI=1S/C10H14ClNO3S/c1-3-15-10-5-4-9(6-8(10)7-11)16(13,14)12-2/h4-6,12H,3,7H2,1-2H3. The molecule has 0 amide bonds. The van der Waals surface area contributed by atoms with Gasteiger partial charge in [-0.05, 0) is 32.2 Å². The molecule has 0 heterocycles. The van der Waals surface area contributed by atoms with E-state index in [0.29, 0.717) is 17.9 Å². The molecule has 0 aliphatic carbocycles. The quantitative estimate of drug-likeness (QED) is 0.824. The van der Waals surface area contributed by atoms with Gasteiger partial charge < -0.3 is 4.74 Å². The second-order valence-corrected chi connectivity index (χ2v) is 5.20. The number of nitrogens with one attached hydrogen (secondary N) is 1. The minimum atomic E-state index is -3.43. The minimum absolute atomic E-state index is 0.189. The molecule has 1 rings (SSSR count). The van der Waals surface area contributed by atoms with Gasteiger partial charge in [-0.15, -0.1) is 11.6 Å². The maximum absolute atomic E-state index is 11.5. The Morgan fingerprint density at radius 3 is 2.62 bits per heavy atom. The van der Waals surface area contributed by atoms with E-state index < -0.39 is 10.0 Å². The number of hydrogen-bond donors (Lipinski definition) is 1. The third-order valence-corrected chi connectivity index (χ3v) is 3.75. The summed E-state index contributed by atoms with van der Waals surface area (Å²) in [5, 5.41) is 0. The van der Waals surface area contributed by atoms with E-state index in [0.717, 1.165) is 0 Å². The SMILES string of the molecule is CCOc1ccc(S(=O)(=O)NC)cc1CCl. The predicted octanol–water partition coefficient (Wildman–Crippen LogP) is 1.73. The lowest BCUT2D eigenvalue weighted by atomic mass is 10.2. The van der Waals surface area contributed by atoms with Gasteiger partial charge in [0.05, 0.1) is 17.4 Å². The van der Waals surface area contributed by atoms with Gasteiger partial charge in [-0.1, -0.05) is 0 Å². The van der Waals surface area contributed by atoms with Crippen molar-refractivity contribution in [2.75, 3.05) is 13.7 Å². The molecule has 0 bridgehead atoms. The Labute approximate surface area is 101 Å². The van der Waals surface area contributed by atoms with Gasteiger partial charge in [-0.2, -0.15) is 0 Å². The van der Waals surface area contributed by atoms with Crippen LogP contribution in [0.5, 0.6) is 5.75 Å². The van der Waals surface area contributed by atoms with Gasteiger partial charge >= 0.3 is 0 Å². The summed E-state index contributed by atoms with van der Waals surface area (Å²) in [6, 6.07) is 4.63. The zero-order valence-electron chi connectivity index (χ0n) is 9.16. The van der Waals surface area contributed by atoms with Crippen molar-refractivity contribution in [3.63, 3.8) is 0 Å². The zero-order chi connectivity index (χ0) is 12.2. The van der Waals surface area contributed by atoms with Gasteiger partial charge in [0.2, 0.25) is 10.0 Å². The summed E-state index contributed by atoms with van der Waals surface area (Å²) in [6.07, 6.45) is 0. The molecule has 1 N–H and O–H groups in total. The summed E-state index contributed by atoms with van der Waals surface area (Å²) in [5.74, 6) is 0.829. The molecule has 0 aromatic heterocycles. The molecule has 0 radical (unpaired) electrons. The van der Waals surface area contributed by atoms with Crippen LogP contribution >= 0.6 is 11.6 Å². The molecule has 16 heavy (non-hydrogen) atoms. The molecule has 0 saturated heterocycles. The third kappa shape index (κ3) is 2.87. The highest BCUT2D eigenvalue weighted by Gasteiger charge is 2.13. The van der Waals surface area contributed by atoms with E-state index >= 15 is 0 Å². The summed E-state index contributed by atoms with van der Waals surface area (Å²) in [5.41, 5.74) is 0.667. The van der Waals surface area contributed by atoms with Crippen LogP contribution in [-0.4, -0.2) is 22.1 Å². The number of benzene rings is 1. The first-order chi connectivity index (χ1) is 7.55. The Morgan fingerprint density at radius 2 is 2.12 bits per heavy atom. The highest BCUT2D eigenvalue weighted by atomic mass is 35.5. The van der Waals surface area contributed by atoms with Crippen molar-refractivity contribution in [1.29, 1.82) is 0 Å². The fourth-order valence-corrected chi connectivity index (χ4v) is 2.23. The largest absolute Gasteiger partial charge is 0.494 e. The molecule has 0 atom stereocenters. The Bertz CT molecular complexity index is 459. The predicted molar refractivity (Wildman–Crippen MR) is 63.4 cm³/mol. The van der Waals surface area contributed by atoms with Crippen LogP contribution in [0.2, 0.25) is 0 Å². The first-order valence-corrected chi connectivity index (χ1v) is 6.82. The maximum Gasteiger partial charge on any atom is 0.240 e. The van der Waals surface area contributed by atoms with Crippen LogP contribution in [0.1, 0.15) is 12.5 Å². The van der Waals surface area contributed by atoms with Gasteiger partial charge in [0.15, 0.2) is 0 Å². The molecule has 1 aromatic rings. The minimum Gasteiger partial charge on any atom is -0.494 e. The van der Waals surface area contributed by atoms with E-state index in [2.05, 4.69) is 4.72 Å². The van der Waals surface area contributed by atoms with E-state index in [1.807, 2.05) is 6.92 Å². The number of rotatable bonds is 5. The van der Waals surface area contributed by atoms with Crippen molar-refractivity contribution in [1.82, 2.24) is 4.72 Å². The van der Waals surface area contributed by atoms with Crippen LogP contribution in [0.3, 0.4) is 0 Å². The van der Waals surface area contributed by atoms with Crippen LogP contribution in [0.25, 0.3) is 0 Å². The maximum atomic E-state index is 11.5. The summed E-state index contributed by atoms with van der Waals surface area (Å²) in [6.45, 7) is 2.37. The molecule has 0 spiro atoms. The molecule has 0 aliphatic rings. The Hall–Kier alpha value is -0.780. The van der Waals surface area contributed by atoms with Crippen molar-refractivity contribution in [3.05, 3.63) is 23.8 Å². The summed E-state index contributed by atoms with van der Waals surface area (Å²) in [4.78, 5) is 0.189. The molecule has 0 saturated carbocycles. The summed E-state index contributed by atoms with van der Waals surface area (Å²) >= 11 is 5.74. The molecular weight excluding hydrogens is 250 g/mol. The molecule has 90 valence electrons. The second kappa shape index (κ2) is 5.52. The Kier molecular flexibility index (Phi) is 4.58. The number of ether oxygens (including phenoxy) is 1. The van der Waals surface area contributed by atoms with E-state index in [1.165, 1.54) is 19.2 Å². The van der Waals surface area contributed by atoms with Gasteiger partial charge in [-0.3, -0.25) is 0 Å². The highest BCUT2D eigenvalue weighted by Crippen LogP contribution is 2.24. The van der Waals surface area contributed by atoms with Crippen molar-refractivity contribution in [2.45, 2.75) is 17.7 Å². The monoisotopic (exact) mass is 263 g/mol. The molecule has 6 heteroatoms. The number of alkyl halides is 1. The number of sulfonamides is 1. The number of halogens is 1.